The fourth-order valence-electron chi connectivity index (χ4n) is 15.3. The fraction of sp³-hybridized carbons (Fsp3) is 0.308. The molecule has 6 heteroatoms. The van der Waals surface area contributed by atoms with Crippen LogP contribution in [0.1, 0.15) is 144 Å². The van der Waals surface area contributed by atoms with E-state index in [1.807, 2.05) is 0 Å². The van der Waals surface area contributed by atoms with Gasteiger partial charge in [0.25, 0.3) is 0 Å². The molecule has 0 saturated heterocycles. The third kappa shape index (κ3) is 9.60. The van der Waals surface area contributed by atoms with Gasteiger partial charge >= 0.3 is 0 Å². The highest BCUT2D eigenvalue weighted by molar-refractivity contribution is 6.27. The average molecular weight is 1110 g/mol. The molecule has 0 bridgehead atoms. The van der Waals surface area contributed by atoms with Gasteiger partial charge in [0.2, 0.25) is 0 Å². The van der Waals surface area contributed by atoms with Crippen molar-refractivity contribution >= 4 is 32.3 Å². The van der Waals surface area contributed by atoms with Gasteiger partial charge in [-0.1, -0.05) is 72.8 Å². The van der Waals surface area contributed by atoms with E-state index < -0.39 is 0 Å². The molecule has 0 radical (unpaired) electrons. The lowest BCUT2D eigenvalue weighted by Crippen LogP contribution is -2.06. The molecule has 10 aromatic rings. The smallest absolute Gasteiger partial charge is 0.170 e. The first kappa shape index (κ1) is 51.4. The van der Waals surface area contributed by atoms with Gasteiger partial charge in [-0.3, -0.25) is 0 Å². The Morgan fingerprint density at radius 2 is 0.321 bits per heavy atom. The van der Waals surface area contributed by atoms with Gasteiger partial charge < -0.3 is 28.4 Å². The zero-order valence-corrected chi connectivity index (χ0v) is 48.3. The maximum atomic E-state index is 7.40. The van der Waals surface area contributed by atoms with Crippen LogP contribution < -0.4 is 28.4 Å². The van der Waals surface area contributed by atoms with Gasteiger partial charge in [-0.2, -0.15) is 0 Å². The number of aryl methyl sites for hydroxylation is 6. The van der Waals surface area contributed by atoms with Gasteiger partial charge in [0, 0.05) is 0 Å². The second-order valence-corrected chi connectivity index (χ2v) is 24.8. The third-order valence-corrected chi connectivity index (χ3v) is 19.6. The van der Waals surface area contributed by atoms with Crippen molar-refractivity contribution in [2.45, 2.75) is 154 Å². The third-order valence-electron chi connectivity index (χ3n) is 19.6. The molecule has 6 aliphatic rings. The second-order valence-electron chi connectivity index (χ2n) is 24.8. The van der Waals surface area contributed by atoms with E-state index in [2.05, 4.69) is 146 Å². The van der Waals surface area contributed by atoms with Crippen molar-refractivity contribution in [2.75, 3.05) is 0 Å². The van der Waals surface area contributed by atoms with Crippen LogP contribution in [0.15, 0.2) is 146 Å². The van der Waals surface area contributed by atoms with Crippen molar-refractivity contribution < 1.29 is 28.4 Å². The van der Waals surface area contributed by atoms with E-state index in [0.29, 0.717) is 34.5 Å². The minimum absolute atomic E-state index is 0.674. The summed E-state index contributed by atoms with van der Waals surface area (Å²) in [6.45, 7) is 0. The second kappa shape index (κ2) is 22.1. The van der Waals surface area contributed by atoms with Crippen molar-refractivity contribution in [3.8, 4) is 69.0 Å². The summed E-state index contributed by atoms with van der Waals surface area (Å²) >= 11 is 0. The van der Waals surface area contributed by atoms with E-state index in [1.54, 1.807) is 0 Å². The predicted molar refractivity (Wildman–Crippen MR) is 338 cm³/mol. The summed E-state index contributed by atoms with van der Waals surface area (Å²) < 4.78 is 44.4. The summed E-state index contributed by atoms with van der Waals surface area (Å²) in [6, 6.07) is 53.0. The fourth-order valence-corrected chi connectivity index (χ4v) is 15.3. The van der Waals surface area contributed by atoms with E-state index in [4.69, 9.17) is 28.4 Å². The number of benzene rings is 10. The molecule has 6 aliphatic carbocycles. The lowest BCUT2D eigenvalue weighted by Gasteiger charge is -2.25. The highest BCUT2D eigenvalue weighted by Gasteiger charge is 2.28. The first-order valence-corrected chi connectivity index (χ1v) is 31.9. The zero-order valence-electron chi connectivity index (χ0n) is 48.3. The monoisotopic (exact) mass is 1100 g/mol. The van der Waals surface area contributed by atoms with Gasteiger partial charge in [0.15, 0.2) is 34.5 Å². The van der Waals surface area contributed by atoms with Gasteiger partial charge in [0.05, 0.1) is 0 Å². The van der Waals surface area contributed by atoms with Crippen LogP contribution in [0.3, 0.4) is 0 Å². The molecule has 84 heavy (non-hydrogen) atoms. The molecule has 10 aromatic carbocycles. The van der Waals surface area contributed by atoms with E-state index in [0.717, 1.165) is 182 Å². The number of fused-ring (bicyclic) bond motifs is 12. The normalized spacial score (nSPS) is 16.1. The van der Waals surface area contributed by atoms with Crippen molar-refractivity contribution in [1.82, 2.24) is 0 Å². The van der Waals surface area contributed by atoms with Crippen LogP contribution in [-0.4, -0.2) is 0 Å². The number of hydrogen-bond acceptors (Lipinski definition) is 6. The molecule has 0 N–H and O–H groups in total. The molecule has 420 valence electrons. The van der Waals surface area contributed by atoms with Crippen LogP contribution in [0.5, 0.6) is 69.0 Å². The Hall–Kier alpha value is -8.22. The molecular weight excluding hydrogens is 1030 g/mol. The Kier molecular flexibility index (Phi) is 13.5. The highest BCUT2D eigenvalue weighted by Crippen LogP contribution is 2.53. The highest BCUT2D eigenvalue weighted by atomic mass is 16.5. The minimum atomic E-state index is 0.674. The Morgan fingerprint density at radius 1 is 0.167 bits per heavy atom. The molecule has 0 unspecified atom stereocenters. The Bertz CT molecular complexity index is 3510. The largest absolute Gasteiger partial charge is 0.453 e. The molecule has 0 amide bonds. The molecule has 0 atom stereocenters. The molecule has 0 heterocycles. The summed E-state index contributed by atoms with van der Waals surface area (Å²) in [5.74, 6) is 9.39. The quantitative estimate of drug-likeness (QED) is 0.114. The minimum Gasteiger partial charge on any atom is -0.453 e. The van der Waals surface area contributed by atoms with Crippen LogP contribution in [0.4, 0.5) is 0 Å². The SMILES string of the molecule is c1cc2c(c(Oc3cc4c5cc(Oc6cccc7c6CCCC7)c(Oc6cccc7c6CCCC7)cc5c5cc(Oc6cccc7c6CCCC7)c(Oc6cccc7c6CCCC7)cc5c4cc3Oc3cccc4c3CCCC4)c1)CCCC2. The maximum absolute atomic E-state index is 7.40. The van der Waals surface area contributed by atoms with Crippen molar-refractivity contribution in [3.63, 3.8) is 0 Å². The molecule has 0 fully saturated rings. The van der Waals surface area contributed by atoms with E-state index in [1.165, 1.54) is 105 Å². The molecule has 0 aliphatic heterocycles. The summed E-state index contributed by atoms with van der Waals surface area (Å²) in [6.07, 6.45) is 26.2. The van der Waals surface area contributed by atoms with Crippen molar-refractivity contribution in [2.24, 2.45) is 0 Å². The lowest BCUT2D eigenvalue weighted by molar-refractivity contribution is 0.410. The van der Waals surface area contributed by atoms with E-state index in [9.17, 15) is 0 Å². The topological polar surface area (TPSA) is 55.4 Å². The molecule has 0 saturated carbocycles. The number of ether oxygens (including phenoxy) is 6. The number of hydrogen-bond donors (Lipinski definition) is 0. The molecule has 0 aromatic heterocycles. The first-order chi connectivity index (χ1) is 41.6. The van der Waals surface area contributed by atoms with Crippen molar-refractivity contribution in [1.29, 1.82) is 0 Å². The standard InChI is InChI=1S/C78H72O6/c1-7-31-55-49(19-1)25-13-37-67(55)79-73-43-61-62(44-74(73)80-68-38-14-26-50-20-2-8-32-56(50)68)64-46-76(82-70-40-16-28-52-22-4-10-34-58(52)70)78(84-72-42-18-30-54-24-6-12-36-60(54)72)48-66(64)65-47-77(83-71-41-17-29-53-23-5-11-35-59(53)71)75(45-63(61)65)81-69-39-15-27-51-21-3-9-33-57(51)69/h13-18,25-30,37-48H,1-12,19-24,31-36H2. The molecule has 0 spiro atoms. The zero-order chi connectivity index (χ0) is 55.5. The summed E-state index contributed by atoms with van der Waals surface area (Å²) in [7, 11) is 0. The molecular formula is C78H72O6. The van der Waals surface area contributed by atoms with Crippen LogP contribution in [-0.2, 0) is 77.0 Å². The Morgan fingerprint density at radius 3 is 0.488 bits per heavy atom. The predicted octanol–water partition coefficient (Wildman–Crippen LogP) is 21.2. The first-order valence-electron chi connectivity index (χ1n) is 31.9. The summed E-state index contributed by atoms with van der Waals surface area (Å²) in [5.41, 5.74) is 16.0. The maximum Gasteiger partial charge on any atom is 0.170 e. The molecule has 16 rings (SSSR count). The molecule has 6 nitrogen and oxygen atoms in total. The van der Waals surface area contributed by atoms with Gasteiger partial charge in [0.1, 0.15) is 34.5 Å². The lowest BCUT2D eigenvalue weighted by atomic mass is 9.90. The average Bonchev–Trinajstić information content (AvgIpc) is 3.73. The van der Waals surface area contributed by atoms with Gasteiger partial charge in [-0.15, -0.1) is 0 Å². The van der Waals surface area contributed by atoms with Crippen molar-refractivity contribution in [3.05, 3.63) is 212 Å². The van der Waals surface area contributed by atoms with Crippen LogP contribution in [0.25, 0.3) is 32.3 Å². The van der Waals surface area contributed by atoms with Gasteiger partial charge in [-0.05, 0) is 326 Å². The Balaban J connectivity index is 0.985. The van der Waals surface area contributed by atoms with E-state index in [-0.39, 0.29) is 0 Å². The Labute approximate surface area is 493 Å². The van der Waals surface area contributed by atoms with Gasteiger partial charge in [-0.25, -0.2) is 0 Å². The summed E-state index contributed by atoms with van der Waals surface area (Å²) in [5, 5.41) is 6.07. The van der Waals surface area contributed by atoms with Crippen LogP contribution in [0, 0.1) is 0 Å². The number of rotatable bonds is 12. The van der Waals surface area contributed by atoms with Crippen LogP contribution in [0.2, 0.25) is 0 Å². The summed E-state index contributed by atoms with van der Waals surface area (Å²) in [4.78, 5) is 0. The van der Waals surface area contributed by atoms with Crippen LogP contribution >= 0.6 is 0 Å². The van der Waals surface area contributed by atoms with E-state index >= 15 is 0 Å².